The van der Waals surface area contributed by atoms with Crippen molar-refractivity contribution in [2.75, 3.05) is 5.75 Å². The third kappa shape index (κ3) is 3.38. The van der Waals surface area contributed by atoms with Crippen molar-refractivity contribution in [1.82, 2.24) is 0 Å². The van der Waals surface area contributed by atoms with Gasteiger partial charge < -0.3 is 0 Å². The Balaban J connectivity index is 2.63. The number of hydrogen-bond acceptors (Lipinski definition) is 1. The maximum absolute atomic E-state index is 4.25. The highest BCUT2D eigenvalue weighted by Gasteiger charge is 2.13. The Morgan fingerprint density at radius 2 is 2.50 bits per heavy atom. The molecule has 0 saturated carbocycles. The molecule has 0 heterocycles. The zero-order valence-electron chi connectivity index (χ0n) is 9.00. The quantitative estimate of drug-likeness (QED) is 0.509. The lowest BCUT2D eigenvalue weighted by Gasteiger charge is -2.06. The van der Waals surface area contributed by atoms with Crippen molar-refractivity contribution in [2.45, 2.75) is 32.6 Å². The van der Waals surface area contributed by atoms with E-state index in [1.54, 1.807) is 5.57 Å². The van der Waals surface area contributed by atoms with Crippen LogP contribution in [0.15, 0.2) is 36.0 Å². The summed E-state index contributed by atoms with van der Waals surface area (Å²) in [5, 5.41) is 0. The van der Waals surface area contributed by atoms with E-state index in [1.807, 2.05) is 6.08 Å². The van der Waals surface area contributed by atoms with E-state index >= 15 is 0 Å². The van der Waals surface area contributed by atoms with Crippen LogP contribution in [0.4, 0.5) is 0 Å². The average Bonchev–Trinajstić information content (AvgIpc) is 2.59. The van der Waals surface area contributed by atoms with Gasteiger partial charge in [-0.2, -0.15) is 12.6 Å². The van der Waals surface area contributed by atoms with E-state index in [1.165, 1.54) is 18.4 Å². The Kier molecular flexibility index (Phi) is 5.10. The van der Waals surface area contributed by atoms with Gasteiger partial charge in [0.15, 0.2) is 0 Å². The van der Waals surface area contributed by atoms with E-state index in [9.17, 15) is 0 Å². The van der Waals surface area contributed by atoms with Crippen LogP contribution in [0.5, 0.6) is 0 Å². The van der Waals surface area contributed by atoms with E-state index in [2.05, 4.69) is 38.3 Å². The summed E-state index contributed by atoms with van der Waals surface area (Å²) in [6.07, 6.45) is 11.3. The van der Waals surface area contributed by atoms with Crippen LogP contribution < -0.4 is 0 Å². The lowest BCUT2D eigenvalue weighted by atomic mass is 10.0. The third-order valence-electron chi connectivity index (χ3n) is 2.69. The van der Waals surface area contributed by atoms with Crippen molar-refractivity contribution in [3.63, 3.8) is 0 Å². The number of allylic oxidation sites excluding steroid dienone is 5. The molecule has 1 rings (SSSR count). The average molecular weight is 208 g/mol. The minimum absolute atomic E-state index is 0.759. The molecule has 0 radical (unpaired) electrons. The molecular formula is C13H20S. The highest BCUT2D eigenvalue weighted by atomic mass is 32.1. The summed E-state index contributed by atoms with van der Waals surface area (Å²) in [5.74, 6) is 1.73. The number of hydrogen-bond donors (Lipinski definition) is 1. The Morgan fingerprint density at radius 1 is 1.71 bits per heavy atom. The van der Waals surface area contributed by atoms with Gasteiger partial charge in [0.1, 0.15) is 0 Å². The van der Waals surface area contributed by atoms with E-state index in [-0.39, 0.29) is 0 Å². The third-order valence-corrected chi connectivity index (χ3v) is 3.01. The number of rotatable bonds is 5. The molecule has 0 bridgehead atoms. The molecule has 0 amide bonds. The highest BCUT2D eigenvalue weighted by Crippen LogP contribution is 2.30. The van der Waals surface area contributed by atoms with Crippen molar-refractivity contribution < 1.29 is 0 Å². The van der Waals surface area contributed by atoms with E-state index in [4.69, 9.17) is 0 Å². The first-order valence-corrected chi connectivity index (χ1v) is 6.04. The lowest BCUT2D eigenvalue weighted by Crippen LogP contribution is -1.88. The summed E-state index contributed by atoms with van der Waals surface area (Å²) in [7, 11) is 0. The normalized spacial score (nSPS) is 22.3. The van der Waals surface area contributed by atoms with Crippen LogP contribution >= 0.6 is 12.6 Å². The van der Waals surface area contributed by atoms with E-state index in [0.717, 1.165) is 24.5 Å². The molecule has 0 N–H and O–H groups in total. The molecule has 1 unspecified atom stereocenters. The minimum atomic E-state index is 0.759. The monoisotopic (exact) mass is 208 g/mol. The molecule has 0 fully saturated rings. The smallest absolute Gasteiger partial charge is 0.00947 e. The molecule has 78 valence electrons. The van der Waals surface area contributed by atoms with Gasteiger partial charge in [-0.15, -0.1) is 0 Å². The van der Waals surface area contributed by atoms with Gasteiger partial charge in [0.05, 0.1) is 0 Å². The lowest BCUT2D eigenvalue weighted by molar-refractivity contribution is 0.697. The van der Waals surface area contributed by atoms with Gasteiger partial charge in [-0.25, -0.2) is 0 Å². The van der Waals surface area contributed by atoms with Gasteiger partial charge in [-0.3, -0.25) is 0 Å². The molecule has 0 aliphatic heterocycles. The van der Waals surface area contributed by atoms with Crippen LogP contribution in [0.25, 0.3) is 0 Å². The molecule has 0 aromatic carbocycles. The fourth-order valence-corrected chi connectivity index (χ4v) is 2.08. The second-order valence-corrected chi connectivity index (χ2v) is 4.41. The SMILES string of the molecule is C=C/C=C(\CCCS)C1=CC(C)CC1. The Labute approximate surface area is 93.2 Å². The predicted octanol–water partition coefficient (Wildman–Crippen LogP) is 4.17. The highest BCUT2D eigenvalue weighted by molar-refractivity contribution is 7.80. The summed E-state index contributed by atoms with van der Waals surface area (Å²) in [6.45, 7) is 6.07. The van der Waals surface area contributed by atoms with E-state index < -0.39 is 0 Å². The van der Waals surface area contributed by atoms with Gasteiger partial charge in [0.2, 0.25) is 0 Å². The molecule has 1 aliphatic rings. The molecule has 1 aliphatic carbocycles. The zero-order chi connectivity index (χ0) is 10.4. The van der Waals surface area contributed by atoms with Crippen molar-refractivity contribution in [2.24, 2.45) is 5.92 Å². The largest absolute Gasteiger partial charge is 0.179 e. The maximum atomic E-state index is 4.25. The first kappa shape index (κ1) is 11.6. The first-order chi connectivity index (χ1) is 6.77. The van der Waals surface area contributed by atoms with Crippen molar-refractivity contribution in [3.8, 4) is 0 Å². The molecular weight excluding hydrogens is 188 g/mol. The Morgan fingerprint density at radius 3 is 3.00 bits per heavy atom. The zero-order valence-corrected chi connectivity index (χ0v) is 9.89. The summed E-state index contributed by atoms with van der Waals surface area (Å²) in [6, 6.07) is 0. The summed E-state index contributed by atoms with van der Waals surface area (Å²) < 4.78 is 0. The summed E-state index contributed by atoms with van der Waals surface area (Å²) in [5.41, 5.74) is 3.01. The summed E-state index contributed by atoms with van der Waals surface area (Å²) in [4.78, 5) is 0. The van der Waals surface area contributed by atoms with Crippen LogP contribution in [0, 0.1) is 5.92 Å². The Hall–Kier alpha value is -0.430. The van der Waals surface area contributed by atoms with Crippen LogP contribution in [-0.2, 0) is 0 Å². The first-order valence-electron chi connectivity index (χ1n) is 5.41. The molecule has 0 saturated heterocycles. The fraction of sp³-hybridized carbons (Fsp3) is 0.538. The number of thiol groups is 1. The van der Waals surface area contributed by atoms with Crippen LogP contribution in [0.3, 0.4) is 0 Å². The molecule has 14 heavy (non-hydrogen) atoms. The standard InChI is InChI=1S/C13H20S/c1-3-5-12(6-4-9-14)13-8-7-11(2)10-13/h3,5,10-11,14H,1,4,6-9H2,2H3/b12-5+. The predicted molar refractivity (Wildman–Crippen MR) is 67.8 cm³/mol. The van der Waals surface area contributed by atoms with Crippen LogP contribution in [0.1, 0.15) is 32.6 Å². The van der Waals surface area contributed by atoms with Crippen molar-refractivity contribution in [1.29, 1.82) is 0 Å². The second kappa shape index (κ2) is 6.13. The van der Waals surface area contributed by atoms with Gasteiger partial charge >= 0.3 is 0 Å². The topological polar surface area (TPSA) is 0 Å². The molecule has 0 spiro atoms. The molecule has 0 nitrogen and oxygen atoms in total. The Bertz CT molecular complexity index is 248. The fourth-order valence-electron chi connectivity index (χ4n) is 1.92. The van der Waals surface area contributed by atoms with Gasteiger partial charge in [-0.05, 0) is 48.5 Å². The van der Waals surface area contributed by atoms with Crippen molar-refractivity contribution in [3.05, 3.63) is 36.0 Å². The van der Waals surface area contributed by atoms with Crippen LogP contribution in [-0.4, -0.2) is 5.75 Å². The minimum Gasteiger partial charge on any atom is -0.179 e. The van der Waals surface area contributed by atoms with Gasteiger partial charge in [0, 0.05) is 0 Å². The summed E-state index contributed by atoms with van der Waals surface area (Å²) >= 11 is 4.25. The molecule has 0 aromatic heterocycles. The molecule has 1 atom stereocenters. The second-order valence-electron chi connectivity index (χ2n) is 3.96. The van der Waals surface area contributed by atoms with E-state index in [0.29, 0.717) is 0 Å². The molecule has 0 aromatic rings. The van der Waals surface area contributed by atoms with Crippen molar-refractivity contribution >= 4 is 12.6 Å². The maximum Gasteiger partial charge on any atom is -0.00947 e. The van der Waals surface area contributed by atoms with Crippen LogP contribution in [0.2, 0.25) is 0 Å². The van der Waals surface area contributed by atoms with Gasteiger partial charge in [0.25, 0.3) is 0 Å². The van der Waals surface area contributed by atoms with Gasteiger partial charge in [-0.1, -0.05) is 31.7 Å². The molecule has 1 heteroatoms.